The molecule has 1 aromatic rings. The molecule has 1 aliphatic heterocycles. The van der Waals surface area contributed by atoms with Crippen molar-refractivity contribution in [2.75, 3.05) is 26.2 Å². The fourth-order valence-corrected chi connectivity index (χ4v) is 2.63. The van der Waals surface area contributed by atoms with Crippen molar-refractivity contribution in [1.29, 1.82) is 0 Å². The first kappa shape index (κ1) is 23.3. The summed E-state index contributed by atoms with van der Waals surface area (Å²) in [6.45, 7) is 1.93. The standard InChI is InChI=1S/C14H16F6N2.2ClH/c15-10-2-1-9(12(16)13(10)17)11(3-4-14(18,19)20)22-7-5-21-6-8-22;;/h1-2,11,21H,3-8H2;2*1H/t11-;;/m0../s1. The molecule has 1 N–H and O–H groups in total. The summed E-state index contributed by atoms with van der Waals surface area (Å²) in [5, 5.41) is 3.04. The van der Waals surface area contributed by atoms with Crippen LogP contribution in [0.25, 0.3) is 0 Å². The van der Waals surface area contributed by atoms with Crippen LogP contribution in [0.5, 0.6) is 0 Å². The topological polar surface area (TPSA) is 15.3 Å². The van der Waals surface area contributed by atoms with Crippen LogP contribution in [0.4, 0.5) is 26.3 Å². The Hall–Kier alpha value is -0.700. The van der Waals surface area contributed by atoms with Gasteiger partial charge < -0.3 is 5.32 Å². The summed E-state index contributed by atoms with van der Waals surface area (Å²) in [4.78, 5) is 1.66. The van der Waals surface area contributed by atoms with Crippen LogP contribution in [0.15, 0.2) is 12.1 Å². The lowest BCUT2D eigenvalue weighted by Crippen LogP contribution is -2.45. The minimum atomic E-state index is -4.39. The Morgan fingerprint density at radius 2 is 1.58 bits per heavy atom. The minimum absolute atomic E-state index is 0. The second-order valence-corrected chi connectivity index (χ2v) is 5.22. The first-order valence-corrected chi connectivity index (χ1v) is 6.94. The van der Waals surface area contributed by atoms with Crippen molar-refractivity contribution in [1.82, 2.24) is 10.2 Å². The highest BCUT2D eigenvalue weighted by molar-refractivity contribution is 5.85. The molecule has 2 nitrogen and oxygen atoms in total. The Balaban J connectivity index is 0.00000264. The van der Waals surface area contributed by atoms with Gasteiger partial charge in [-0.2, -0.15) is 13.2 Å². The highest BCUT2D eigenvalue weighted by Gasteiger charge is 2.33. The fraction of sp³-hybridized carbons (Fsp3) is 0.571. The van der Waals surface area contributed by atoms with Gasteiger partial charge in [-0.1, -0.05) is 6.07 Å². The Bertz CT molecular complexity index is 521. The molecule has 0 spiro atoms. The Morgan fingerprint density at radius 3 is 2.12 bits per heavy atom. The molecule has 0 radical (unpaired) electrons. The smallest absolute Gasteiger partial charge is 0.314 e. The van der Waals surface area contributed by atoms with Crippen molar-refractivity contribution in [3.05, 3.63) is 35.1 Å². The number of hydrogen-bond acceptors (Lipinski definition) is 2. The van der Waals surface area contributed by atoms with Crippen molar-refractivity contribution in [2.45, 2.75) is 25.1 Å². The third-order valence-electron chi connectivity index (χ3n) is 3.72. The molecule has 0 saturated carbocycles. The van der Waals surface area contributed by atoms with E-state index >= 15 is 0 Å². The average Bonchev–Trinajstić information content (AvgIpc) is 2.47. The van der Waals surface area contributed by atoms with Crippen molar-refractivity contribution in [3.8, 4) is 0 Å². The number of piperazine rings is 1. The van der Waals surface area contributed by atoms with Crippen LogP contribution in [-0.2, 0) is 0 Å². The zero-order chi connectivity index (χ0) is 16.3. The van der Waals surface area contributed by atoms with E-state index in [9.17, 15) is 26.3 Å². The van der Waals surface area contributed by atoms with Gasteiger partial charge in [-0.25, -0.2) is 13.2 Å². The predicted octanol–water partition coefficient (Wildman–Crippen LogP) is 4.24. The lowest BCUT2D eigenvalue weighted by atomic mass is 9.98. The quantitative estimate of drug-likeness (QED) is 0.602. The van der Waals surface area contributed by atoms with Crippen molar-refractivity contribution < 1.29 is 26.3 Å². The highest BCUT2D eigenvalue weighted by Crippen LogP contribution is 2.33. The van der Waals surface area contributed by atoms with Crippen LogP contribution in [0.1, 0.15) is 24.4 Å². The van der Waals surface area contributed by atoms with Gasteiger partial charge in [0, 0.05) is 44.2 Å². The van der Waals surface area contributed by atoms with Gasteiger partial charge in [-0.05, 0) is 12.5 Å². The van der Waals surface area contributed by atoms with E-state index in [-0.39, 0.29) is 30.4 Å². The first-order valence-electron chi connectivity index (χ1n) is 6.94. The molecule has 0 bridgehead atoms. The maximum absolute atomic E-state index is 13.9. The van der Waals surface area contributed by atoms with E-state index in [2.05, 4.69) is 5.32 Å². The molecule has 0 aromatic heterocycles. The number of hydrogen-bond donors (Lipinski definition) is 1. The van der Waals surface area contributed by atoms with Crippen LogP contribution < -0.4 is 5.32 Å². The average molecular weight is 399 g/mol. The van der Waals surface area contributed by atoms with Crippen molar-refractivity contribution in [2.24, 2.45) is 0 Å². The van der Waals surface area contributed by atoms with Crippen LogP contribution in [0.3, 0.4) is 0 Å². The lowest BCUT2D eigenvalue weighted by molar-refractivity contribution is -0.138. The number of nitrogens with one attached hydrogen (secondary N) is 1. The maximum atomic E-state index is 13.9. The van der Waals surface area contributed by atoms with Crippen LogP contribution >= 0.6 is 24.8 Å². The monoisotopic (exact) mass is 398 g/mol. The van der Waals surface area contributed by atoms with Crippen LogP contribution in [0, 0.1) is 17.5 Å². The van der Waals surface area contributed by atoms with Gasteiger partial charge in [0.05, 0.1) is 0 Å². The summed E-state index contributed by atoms with van der Waals surface area (Å²) in [6, 6.07) is 0.840. The van der Waals surface area contributed by atoms with Crippen LogP contribution in [0.2, 0.25) is 0 Å². The Morgan fingerprint density at radius 1 is 1.00 bits per heavy atom. The van der Waals surface area contributed by atoms with E-state index in [1.807, 2.05) is 0 Å². The maximum Gasteiger partial charge on any atom is 0.389 e. The summed E-state index contributed by atoms with van der Waals surface area (Å²) >= 11 is 0. The van der Waals surface area contributed by atoms with Crippen LogP contribution in [-0.4, -0.2) is 37.3 Å². The molecule has 10 heteroatoms. The number of alkyl halides is 3. The van der Waals surface area contributed by atoms with Crippen molar-refractivity contribution in [3.63, 3.8) is 0 Å². The second kappa shape index (κ2) is 9.70. The summed E-state index contributed by atoms with van der Waals surface area (Å²) < 4.78 is 77.8. The van der Waals surface area contributed by atoms with Gasteiger partial charge in [0.15, 0.2) is 17.5 Å². The normalized spacial score (nSPS) is 16.9. The summed E-state index contributed by atoms with van der Waals surface area (Å²) in [5.74, 6) is -4.41. The molecule has 1 fully saturated rings. The molecule has 0 amide bonds. The molecule has 1 heterocycles. The molecular formula is C14H18Cl2F6N2. The van der Waals surface area contributed by atoms with Crippen molar-refractivity contribution >= 4 is 24.8 Å². The molecule has 1 saturated heterocycles. The molecule has 1 aliphatic rings. The summed E-state index contributed by atoms with van der Waals surface area (Å²) in [6.07, 6.45) is -5.90. The van der Waals surface area contributed by atoms with E-state index in [1.165, 1.54) is 0 Å². The number of benzene rings is 1. The number of rotatable bonds is 4. The molecule has 140 valence electrons. The zero-order valence-electron chi connectivity index (χ0n) is 12.5. The SMILES string of the molecule is Cl.Cl.Fc1ccc([C@H](CCC(F)(F)F)N2CCNCC2)c(F)c1F. The first-order chi connectivity index (χ1) is 10.3. The molecule has 0 unspecified atom stereocenters. The molecule has 0 aliphatic carbocycles. The van der Waals surface area contributed by atoms with E-state index in [1.54, 1.807) is 4.90 Å². The fourth-order valence-electron chi connectivity index (χ4n) is 2.63. The number of halogens is 8. The largest absolute Gasteiger partial charge is 0.389 e. The molecule has 2 rings (SSSR count). The van der Waals surface area contributed by atoms with E-state index in [0.29, 0.717) is 26.2 Å². The third-order valence-corrected chi connectivity index (χ3v) is 3.72. The molecule has 1 aromatic carbocycles. The Labute approximate surface area is 148 Å². The van der Waals surface area contributed by atoms with Gasteiger partial charge in [0.1, 0.15) is 0 Å². The third kappa shape index (κ3) is 5.98. The van der Waals surface area contributed by atoms with Gasteiger partial charge >= 0.3 is 6.18 Å². The highest BCUT2D eigenvalue weighted by atomic mass is 35.5. The van der Waals surface area contributed by atoms with E-state index in [4.69, 9.17) is 0 Å². The van der Waals surface area contributed by atoms with Gasteiger partial charge in [-0.3, -0.25) is 4.90 Å². The number of nitrogens with zero attached hydrogens (tertiary/aromatic N) is 1. The Kier molecular flexibility index (Phi) is 9.41. The lowest BCUT2D eigenvalue weighted by Gasteiger charge is -2.35. The zero-order valence-corrected chi connectivity index (χ0v) is 14.1. The summed E-state index contributed by atoms with van der Waals surface area (Å²) in [5.41, 5.74) is -0.231. The predicted molar refractivity (Wildman–Crippen MR) is 83.3 cm³/mol. The van der Waals surface area contributed by atoms with Gasteiger partial charge in [0.2, 0.25) is 0 Å². The summed E-state index contributed by atoms with van der Waals surface area (Å²) in [7, 11) is 0. The van der Waals surface area contributed by atoms with Gasteiger partial charge in [0.25, 0.3) is 0 Å². The molecular weight excluding hydrogens is 381 g/mol. The molecule has 24 heavy (non-hydrogen) atoms. The molecule has 1 atom stereocenters. The van der Waals surface area contributed by atoms with E-state index < -0.39 is 42.5 Å². The second-order valence-electron chi connectivity index (χ2n) is 5.22. The minimum Gasteiger partial charge on any atom is -0.314 e. The van der Waals surface area contributed by atoms with E-state index in [0.717, 1.165) is 12.1 Å². The van der Waals surface area contributed by atoms with Gasteiger partial charge in [-0.15, -0.1) is 24.8 Å².